The molecule has 33 heavy (non-hydrogen) atoms. The van der Waals surface area contributed by atoms with Crippen LogP contribution in [0.1, 0.15) is 38.2 Å². The maximum absolute atomic E-state index is 12.4. The fraction of sp³-hybridized carbons (Fsp3) is 0.280. The number of benzene rings is 3. The van der Waals surface area contributed by atoms with E-state index >= 15 is 0 Å². The first-order valence-corrected chi connectivity index (χ1v) is 10.6. The molecule has 0 amide bonds. The second-order valence-electron chi connectivity index (χ2n) is 8.17. The third-order valence-electron chi connectivity index (χ3n) is 5.83. The molecule has 0 atom stereocenters. The lowest BCUT2D eigenvalue weighted by atomic mass is 9.91. The van der Waals surface area contributed by atoms with Crippen molar-refractivity contribution in [2.24, 2.45) is 0 Å². The van der Waals surface area contributed by atoms with E-state index in [1.54, 1.807) is 6.07 Å². The van der Waals surface area contributed by atoms with Gasteiger partial charge in [0, 0.05) is 6.07 Å². The molecular weight excluding hydrogens is 435 g/mol. The minimum absolute atomic E-state index is 0.0607. The van der Waals surface area contributed by atoms with Crippen molar-refractivity contribution in [2.75, 3.05) is 0 Å². The van der Waals surface area contributed by atoms with Gasteiger partial charge in [0.05, 0.1) is 4.92 Å². The number of nitro benzene ring substituents is 1. The van der Waals surface area contributed by atoms with E-state index in [0.717, 1.165) is 25.7 Å². The predicted molar refractivity (Wildman–Crippen MR) is 118 cm³/mol. The maximum Gasteiger partial charge on any atom is 0.573 e. The second kappa shape index (κ2) is 8.77. The summed E-state index contributed by atoms with van der Waals surface area (Å²) in [5, 5.41) is 11.6. The van der Waals surface area contributed by atoms with Gasteiger partial charge in [-0.15, -0.1) is 13.2 Å². The van der Waals surface area contributed by atoms with Crippen LogP contribution in [0.5, 0.6) is 17.2 Å². The first-order chi connectivity index (χ1) is 15.7. The Morgan fingerprint density at radius 3 is 2.27 bits per heavy atom. The average Bonchev–Trinajstić information content (AvgIpc) is 3.54. The van der Waals surface area contributed by atoms with Crippen molar-refractivity contribution < 1.29 is 27.6 Å². The second-order valence-corrected chi connectivity index (χ2v) is 8.17. The Morgan fingerprint density at radius 1 is 0.970 bits per heavy atom. The highest BCUT2D eigenvalue weighted by atomic mass is 19.4. The van der Waals surface area contributed by atoms with Crippen molar-refractivity contribution in [3.05, 3.63) is 82.4 Å². The van der Waals surface area contributed by atoms with Gasteiger partial charge in [-0.3, -0.25) is 10.1 Å². The number of hydrogen-bond donors (Lipinski definition) is 0. The third kappa shape index (κ3) is 5.27. The highest BCUT2D eigenvalue weighted by Crippen LogP contribution is 2.52. The van der Waals surface area contributed by atoms with Crippen LogP contribution >= 0.6 is 0 Å². The number of nitrogens with zero attached hydrogens (tertiary/aromatic N) is 1. The molecule has 0 N–H and O–H groups in total. The molecule has 1 aliphatic carbocycles. The fourth-order valence-electron chi connectivity index (χ4n) is 4.10. The summed E-state index contributed by atoms with van der Waals surface area (Å²) in [5.74, 6) is 0.220. The highest BCUT2D eigenvalue weighted by Gasteiger charge is 2.43. The molecule has 1 fully saturated rings. The zero-order valence-electron chi connectivity index (χ0n) is 17.9. The summed E-state index contributed by atoms with van der Waals surface area (Å²) >= 11 is 0. The summed E-state index contributed by atoms with van der Waals surface area (Å²) in [6, 6.07) is 17.3. The summed E-state index contributed by atoms with van der Waals surface area (Å²) in [7, 11) is 0. The summed E-state index contributed by atoms with van der Waals surface area (Å²) in [4.78, 5) is 11.0. The van der Waals surface area contributed by atoms with Gasteiger partial charge in [0.1, 0.15) is 11.5 Å². The average molecular weight is 457 g/mol. The Hall–Kier alpha value is -3.55. The summed E-state index contributed by atoms with van der Waals surface area (Å²) < 4.78 is 47.0. The van der Waals surface area contributed by atoms with Crippen LogP contribution in [0.15, 0.2) is 66.7 Å². The number of ether oxygens (including phenoxy) is 2. The minimum atomic E-state index is -4.78. The van der Waals surface area contributed by atoms with Crippen LogP contribution in [-0.2, 0) is 5.41 Å². The van der Waals surface area contributed by atoms with Gasteiger partial charge < -0.3 is 9.47 Å². The zero-order valence-corrected chi connectivity index (χ0v) is 17.9. The van der Waals surface area contributed by atoms with E-state index in [-0.39, 0.29) is 22.6 Å². The third-order valence-corrected chi connectivity index (χ3v) is 5.83. The smallest absolute Gasteiger partial charge is 0.450 e. The monoisotopic (exact) mass is 457 g/mol. The Labute approximate surface area is 188 Å². The number of nitro groups is 1. The van der Waals surface area contributed by atoms with E-state index in [2.05, 4.69) is 17.7 Å². The van der Waals surface area contributed by atoms with Gasteiger partial charge in [0.25, 0.3) is 0 Å². The minimum Gasteiger partial charge on any atom is -0.450 e. The van der Waals surface area contributed by atoms with Crippen molar-refractivity contribution >= 4 is 5.69 Å². The lowest BCUT2D eigenvalue weighted by Gasteiger charge is -2.16. The van der Waals surface area contributed by atoms with E-state index in [4.69, 9.17) is 4.74 Å². The summed E-state index contributed by atoms with van der Waals surface area (Å²) in [6.45, 7) is 2.15. The molecule has 3 aromatic carbocycles. The predicted octanol–water partition coefficient (Wildman–Crippen LogP) is 7.78. The van der Waals surface area contributed by atoms with Gasteiger partial charge in [-0.05, 0) is 77.8 Å². The lowest BCUT2D eigenvalue weighted by Crippen LogP contribution is -2.16. The van der Waals surface area contributed by atoms with Gasteiger partial charge in [-0.1, -0.05) is 37.6 Å². The molecule has 5 nitrogen and oxygen atoms in total. The summed E-state index contributed by atoms with van der Waals surface area (Å²) in [5.41, 5.74) is 2.27. The molecular formula is C25H22F3NO4. The quantitative estimate of drug-likeness (QED) is 0.256. The molecule has 4 rings (SSSR count). The molecule has 0 bridgehead atoms. The number of halogens is 3. The Morgan fingerprint density at radius 2 is 1.67 bits per heavy atom. The van der Waals surface area contributed by atoms with Crippen molar-refractivity contribution in [1.29, 1.82) is 0 Å². The molecule has 0 saturated heterocycles. The SMILES string of the molecule is CCCC1(c2cccc(Oc3cc(-c4ccc(OC(F)(F)F)cc4)ccc3[N+](=O)[O-])c2)CC1. The first kappa shape index (κ1) is 22.6. The van der Waals surface area contributed by atoms with Crippen LogP contribution in [-0.4, -0.2) is 11.3 Å². The normalized spacial score (nSPS) is 14.5. The summed E-state index contributed by atoms with van der Waals surface area (Å²) in [6.07, 6.45) is -0.381. The molecule has 0 aliphatic heterocycles. The van der Waals surface area contributed by atoms with Crippen molar-refractivity contribution in [3.8, 4) is 28.4 Å². The molecule has 0 aromatic heterocycles. The van der Waals surface area contributed by atoms with E-state index < -0.39 is 11.3 Å². The van der Waals surface area contributed by atoms with Crippen molar-refractivity contribution in [2.45, 2.75) is 44.4 Å². The number of rotatable bonds is 8. The molecule has 1 aliphatic rings. The first-order valence-electron chi connectivity index (χ1n) is 10.6. The van der Waals surface area contributed by atoms with E-state index in [1.807, 2.05) is 12.1 Å². The van der Waals surface area contributed by atoms with Crippen molar-refractivity contribution in [1.82, 2.24) is 0 Å². The van der Waals surface area contributed by atoms with Crippen LogP contribution in [0.2, 0.25) is 0 Å². The standard InChI is InChI=1S/C25H22F3NO4/c1-2-12-24(13-14-24)19-4-3-5-21(16-19)32-23-15-18(8-11-22(23)29(30)31)17-6-9-20(10-7-17)33-25(26,27)28/h3-11,15-16H,2,12-14H2,1H3. The van der Waals surface area contributed by atoms with Crippen LogP contribution in [0.4, 0.5) is 18.9 Å². The van der Waals surface area contributed by atoms with Crippen LogP contribution < -0.4 is 9.47 Å². The van der Waals surface area contributed by atoms with Crippen molar-refractivity contribution in [3.63, 3.8) is 0 Å². The van der Waals surface area contributed by atoms with Gasteiger partial charge >= 0.3 is 12.0 Å². The number of hydrogen-bond acceptors (Lipinski definition) is 4. The van der Waals surface area contributed by atoms with E-state index in [9.17, 15) is 23.3 Å². The lowest BCUT2D eigenvalue weighted by molar-refractivity contribution is -0.385. The van der Waals surface area contributed by atoms with E-state index in [1.165, 1.54) is 48.0 Å². The van der Waals surface area contributed by atoms with Crippen LogP contribution in [0.25, 0.3) is 11.1 Å². The largest absolute Gasteiger partial charge is 0.573 e. The van der Waals surface area contributed by atoms with Gasteiger partial charge in [0.15, 0.2) is 0 Å². The Bertz CT molecular complexity index is 1160. The molecule has 0 heterocycles. The maximum atomic E-state index is 12.4. The molecule has 0 unspecified atom stereocenters. The fourth-order valence-corrected chi connectivity index (χ4v) is 4.10. The topological polar surface area (TPSA) is 61.6 Å². The van der Waals surface area contributed by atoms with Gasteiger partial charge in [0.2, 0.25) is 5.75 Å². The highest BCUT2D eigenvalue weighted by molar-refractivity contribution is 5.69. The molecule has 0 radical (unpaired) electrons. The molecule has 8 heteroatoms. The van der Waals surface area contributed by atoms with Gasteiger partial charge in [-0.2, -0.15) is 0 Å². The molecule has 1 saturated carbocycles. The molecule has 3 aromatic rings. The Balaban J connectivity index is 1.62. The number of alkyl halides is 3. The zero-order chi connectivity index (χ0) is 23.6. The molecule has 172 valence electrons. The molecule has 0 spiro atoms. The van der Waals surface area contributed by atoms with Crippen LogP contribution in [0, 0.1) is 10.1 Å². The van der Waals surface area contributed by atoms with Crippen LogP contribution in [0.3, 0.4) is 0 Å². The van der Waals surface area contributed by atoms with Gasteiger partial charge in [-0.25, -0.2) is 0 Å². The Kier molecular flexibility index (Phi) is 6.01. The van der Waals surface area contributed by atoms with E-state index in [0.29, 0.717) is 16.9 Å².